The molecular formula is C14H21N3O. The summed E-state index contributed by atoms with van der Waals surface area (Å²) in [5.41, 5.74) is 7.53. The van der Waals surface area contributed by atoms with Gasteiger partial charge < -0.3 is 16.0 Å². The van der Waals surface area contributed by atoms with Crippen molar-refractivity contribution >= 4 is 17.3 Å². The van der Waals surface area contributed by atoms with Crippen LogP contribution in [0.1, 0.15) is 19.8 Å². The van der Waals surface area contributed by atoms with Crippen LogP contribution in [0.4, 0.5) is 11.4 Å². The molecule has 0 saturated carbocycles. The van der Waals surface area contributed by atoms with E-state index in [2.05, 4.69) is 34.5 Å². The van der Waals surface area contributed by atoms with Gasteiger partial charge in [-0.2, -0.15) is 0 Å². The van der Waals surface area contributed by atoms with Crippen molar-refractivity contribution in [1.29, 1.82) is 0 Å². The minimum Gasteiger partial charge on any atom is -0.384 e. The van der Waals surface area contributed by atoms with E-state index in [0.29, 0.717) is 6.54 Å². The molecule has 18 heavy (non-hydrogen) atoms. The molecule has 1 aromatic rings. The lowest BCUT2D eigenvalue weighted by molar-refractivity contribution is -0.120. The zero-order valence-corrected chi connectivity index (χ0v) is 10.9. The van der Waals surface area contributed by atoms with E-state index in [4.69, 9.17) is 5.73 Å². The Labute approximate surface area is 108 Å². The summed E-state index contributed by atoms with van der Waals surface area (Å²) in [7, 11) is 0. The highest BCUT2D eigenvalue weighted by Crippen LogP contribution is 2.22. The second-order valence-corrected chi connectivity index (χ2v) is 4.93. The molecule has 2 rings (SSSR count). The minimum atomic E-state index is -0.267. The van der Waals surface area contributed by atoms with Crippen LogP contribution in [-0.4, -0.2) is 25.5 Å². The molecule has 0 spiro atoms. The van der Waals surface area contributed by atoms with Gasteiger partial charge in [0.25, 0.3) is 0 Å². The number of hydrogen-bond donors (Lipinski definition) is 2. The summed E-state index contributed by atoms with van der Waals surface area (Å²) in [6.45, 7) is 4.73. The van der Waals surface area contributed by atoms with Crippen molar-refractivity contribution in [3.8, 4) is 0 Å². The molecule has 0 aromatic heterocycles. The highest BCUT2D eigenvalue weighted by atomic mass is 16.1. The molecule has 0 bridgehead atoms. The maximum absolute atomic E-state index is 10.9. The van der Waals surface area contributed by atoms with Gasteiger partial charge in [0.1, 0.15) is 0 Å². The molecule has 4 nitrogen and oxygen atoms in total. The van der Waals surface area contributed by atoms with E-state index in [1.165, 1.54) is 18.5 Å². The Morgan fingerprint density at radius 1 is 1.33 bits per heavy atom. The van der Waals surface area contributed by atoms with Crippen LogP contribution in [0.15, 0.2) is 24.3 Å². The summed E-state index contributed by atoms with van der Waals surface area (Å²) >= 11 is 0. The first-order valence-electron chi connectivity index (χ1n) is 6.55. The van der Waals surface area contributed by atoms with Crippen LogP contribution in [0.3, 0.4) is 0 Å². The van der Waals surface area contributed by atoms with Crippen LogP contribution in [0.2, 0.25) is 0 Å². The molecule has 1 aliphatic rings. The molecule has 1 unspecified atom stereocenters. The van der Waals surface area contributed by atoms with Gasteiger partial charge in [0.2, 0.25) is 5.91 Å². The van der Waals surface area contributed by atoms with Crippen molar-refractivity contribution in [1.82, 2.24) is 0 Å². The molecule has 98 valence electrons. The Morgan fingerprint density at radius 3 is 2.50 bits per heavy atom. The number of amides is 1. The van der Waals surface area contributed by atoms with E-state index in [-0.39, 0.29) is 11.8 Å². The molecule has 1 aromatic carbocycles. The molecule has 4 heteroatoms. The summed E-state index contributed by atoms with van der Waals surface area (Å²) in [5.74, 6) is -0.417. The Bertz CT molecular complexity index is 396. The fourth-order valence-electron chi connectivity index (χ4n) is 2.14. The number of rotatable bonds is 5. The number of primary amides is 1. The van der Waals surface area contributed by atoms with Crippen LogP contribution in [0.25, 0.3) is 0 Å². The van der Waals surface area contributed by atoms with Gasteiger partial charge in [0, 0.05) is 31.0 Å². The maximum atomic E-state index is 10.9. The van der Waals surface area contributed by atoms with Crippen LogP contribution in [0, 0.1) is 5.92 Å². The number of nitrogens with one attached hydrogen (secondary N) is 1. The minimum absolute atomic E-state index is 0.150. The van der Waals surface area contributed by atoms with Crippen molar-refractivity contribution in [2.75, 3.05) is 29.9 Å². The molecule has 1 atom stereocenters. The summed E-state index contributed by atoms with van der Waals surface area (Å²) < 4.78 is 0. The second-order valence-electron chi connectivity index (χ2n) is 4.93. The van der Waals surface area contributed by atoms with E-state index in [1.807, 2.05) is 6.92 Å². The molecule has 1 fully saturated rings. The Balaban J connectivity index is 1.89. The van der Waals surface area contributed by atoms with Gasteiger partial charge in [-0.05, 0) is 37.1 Å². The van der Waals surface area contributed by atoms with Gasteiger partial charge >= 0.3 is 0 Å². The number of anilines is 2. The number of carbonyl (C=O) groups is 1. The predicted octanol–water partition coefficient (Wildman–Crippen LogP) is 1.82. The second kappa shape index (κ2) is 5.76. The van der Waals surface area contributed by atoms with Gasteiger partial charge in [0.05, 0.1) is 5.92 Å². The highest BCUT2D eigenvalue weighted by molar-refractivity contribution is 5.76. The van der Waals surface area contributed by atoms with Crippen molar-refractivity contribution in [2.45, 2.75) is 19.8 Å². The summed E-state index contributed by atoms with van der Waals surface area (Å²) in [6, 6.07) is 8.37. The third kappa shape index (κ3) is 3.15. The van der Waals surface area contributed by atoms with Gasteiger partial charge in [0.15, 0.2) is 0 Å². The summed E-state index contributed by atoms with van der Waals surface area (Å²) in [4.78, 5) is 13.3. The first kappa shape index (κ1) is 12.7. The Hall–Kier alpha value is -1.71. The zero-order valence-electron chi connectivity index (χ0n) is 10.9. The van der Waals surface area contributed by atoms with Crippen LogP contribution >= 0.6 is 0 Å². The molecule has 0 aliphatic carbocycles. The summed E-state index contributed by atoms with van der Waals surface area (Å²) in [5, 5.41) is 3.22. The molecule has 1 amide bonds. The fourth-order valence-corrected chi connectivity index (χ4v) is 2.14. The molecule has 1 saturated heterocycles. The van der Waals surface area contributed by atoms with E-state index < -0.39 is 0 Å². The van der Waals surface area contributed by atoms with E-state index >= 15 is 0 Å². The van der Waals surface area contributed by atoms with Crippen LogP contribution in [0.5, 0.6) is 0 Å². The Kier molecular flexibility index (Phi) is 4.07. The lowest BCUT2D eigenvalue weighted by atomic mass is 10.1. The number of nitrogens with two attached hydrogens (primary N) is 1. The molecular weight excluding hydrogens is 226 g/mol. The van der Waals surface area contributed by atoms with Crippen molar-refractivity contribution in [3.63, 3.8) is 0 Å². The zero-order chi connectivity index (χ0) is 13.0. The number of carbonyl (C=O) groups excluding carboxylic acids is 1. The number of nitrogens with zero attached hydrogens (tertiary/aromatic N) is 1. The third-order valence-corrected chi connectivity index (χ3v) is 3.44. The van der Waals surface area contributed by atoms with Crippen molar-refractivity contribution in [3.05, 3.63) is 24.3 Å². The van der Waals surface area contributed by atoms with Gasteiger partial charge in [-0.3, -0.25) is 4.79 Å². The first-order chi connectivity index (χ1) is 8.66. The van der Waals surface area contributed by atoms with E-state index in [1.54, 1.807) is 0 Å². The van der Waals surface area contributed by atoms with Crippen molar-refractivity contribution in [2.24, 2.45) is 11.7 Å². The third-order valence-electron chi connectivity index (χ3n) is 3.44. The average Bonchev–Trinajstić information content (AvgIpc) is 2.90. The average molecular weight is 247 g/mol. The van der Waals surface area contributed by atoms with E-state index in [9.17, 15) is 4.79 Å². The van der Waals surface area contributed by atoms with Gasteiger partial charge in [-0.15, -0.1) is 0 Å². The molecule has 3 N–H and O–H groups in total. The predicted molar refractivity (Wildman–Crippen MR) is 74.7 cm³/mol. The Morgan fingerprint density at radius 2 is 1.94 bits per heavy atom. The lowest BCUT2D eigenvalue weighted by Crippen LogP contribution is -2.26. The topological polar surface area (TPSA) is 58.4 Å². The quantitative estimate of drug-likeness (QED) is 0.834. The van der Waals surface area contributed by atoms with E-state index in [0.717, 1.165) is 18.8 Å². The standard InChI is InChI=1S/C14H21N3O/c1-11(14(15)18)10-16-12-4-6-13(7-5-12)17-8-2-3-9-17/h4-7,11,16H,2-3,8-10H2,1H3,(H2,15,18). The first-order valence-corrected chi connectivity index (χ1v) is 6.55. The SMILES string of the molecule is CC(CNc1ccc(N2CCCC2)cc1)C(N)=O. The monoisotopic (exact) mass is 247 g/mol. The lowest BCUT2D eigenvalue weighted by Gasteiger charge is -2.18. The molecule has 1 heterocycles. The van der Waals surface area contributed by atoms with Gasteiger partial charge in [-0.1, -0.05) is 6.92 Å². The normalized spacial score (nSPS) is 16.6. The summed E-state index contributed by atoms with van der Waals surface area (Å²) in [6.07, 6.45) is 2.58. The number of hydrogen-bond acceptors (Lipinski definition) is 3. The van der Waals surface area contributed by atoms with Crippen LogP contribution < -0.4 is 16.0 Å². The molecule has 1 aliphatic heterocycles. The highest BCUT2D eigenvalue weighted by Gasteiger charge is 2.12. The van der Waals surface area contributed by atoms with Crippen LogP contribution in [-0.2, 0) is 4.79 Å². The fraction of sp³-hybridized carbons (Fsp3) is 0.500. The largest absolute Gasteiger partial charge is 0.384 e. The maximum Gasteiger partial charge on any atom is 0.222 e. The smallest absolute Gasteiger partial charge is 0.222 e. The van der Waals surface area contributed by atoms with Crippen molar-refractivity contribution < 1.29 is 4.79 Å². The van der Waals surface area contributed by atoms with Gasteiger partial charge in [-0.25, -0.2) is 0 Å². The number of benzene rings is 1. The molecule has 0 radical (unpaired) electrons.